The molecule has 3 rings (SSSR count). The van der Waals surface area contributed by atoms with Gasteiger partial charge in [0.05, 0.1) is 16.3 Å². The molecule has 1 heterocycles. The number of nitrogens with one attached hydrogen (secondary N) is 1. The van der Waals surface area contributed by atoms with Gasteiger partial charge in [-0.3, -0.25) is 4.79 Å². The van der Waals surface area contributed by atoms with Gasteiger partial charge in [0.25, 0.3) is 5.22 Å². The maximum atomic E-state index is 12.3. The largest absolute Gasteiger partial charge is 0.411 e. The Labute approximate surface area is 161 Å². The Morgan fingerprint density at radius 1 is 1.15 bits per heavy atom. The molecule has 1 aromatic heterocycles. The van der Waals surface area contributed by atoms with Gasteiger partial charge in [0.1, 0.15) is 0 Å². The van der Waals surface area contributed by atoms with Gasteiger partial charge < -0.3 is 9.73 Å². The van der Waals surface area contributed by atoms with Crippen LogP contribution in [0.5, 0.6) is 0 Å². The number of aryl methyl sites for hydroxylation is 3. The van der Waals surface area contributed by atoms with E-state index in [4.69, 9.17) is 16.0 Å². The molecule has 0 fully saturated rings. The quantitative estimate of drug-likeness (QED) is 0.620. The Bertz CT molecular complexity index is 932. The van der Waals surface area contributed by atoms with Crippen LogP contribution in [0.25, 0.3) is 11.5 Å². The van der Waals surface area contributed by atoms with Crippen molar-refractivity contribution < 1.29 is 9.21 Å². The van der Waals surface area contributed by atoms with Gasteiger partial charge in [-0.2, -0.15) is 0 Å². The molecule has 26 heavy (non-hydrogen) atoms. The van der Waals surface area contributed by atoms with E-state index in [-0.39, 0.29) is 11.7 Å². The molecule has 2 aromatic carbocycles. The Morgan fingerprint density at radius 3 is 2.54 bits per heavy atom. The third kappa shape index (κ3) is 4.26. The maximum Gasteiger partial charge on any atom is 0.277 e. The first kappa shape index (κ1) is 18.5. The molecule has 7 heteroatoms. The summed E-state index contributed by atoms with van der Waals surface area (Å²) in [4.78, 5) is 12.3. The molecule has 0 atom stereocenters. The lowest BCUT2D eigenvalue weighted by atomic mass is 10.1. The van der Waals surface area contributed by atoms with Crippen molar-refractivity contribution in [3.63, 3.8) is 0 Å². The molecule has 0 saturated heterocycles. The number of nitrogens with zero attached hydrogens (tertiary/aromatic N) is 2. The van der Waals surface area contributed by atoms with Crippen molar-refractivity contribution in [2.24, 2.45) is 0 Å². The molecule has 5 nitrogen and oxygen atoms in total. The highest BCUT2D eigenvalue weighted by Crippen LogP contribution is 2.29. The summed E-state index contributed by atoms with van der Waals surface area (Å²) in [6.07, 6.45) is 0. The molecule has 0 spiro atoms. The van der Waals surface area contributed by atoms with Gasteiger partial charge >= 0.3 is 0 Å². The fourth-order valence-corrected chi connectivity index (χ4v) is 3.47. The number of benzene rings is 2. The zero-order valence-electron chi connectivity index (χ0n) is 14.7. The predicted molar refractivity (Wildman–Crippen MR) is 105 cm³/mol. The fraction of sp³-hybridized carbons (Fsp3) is 0.211. The third-order valence-corrected chi connectivity index (χ3v) is 4.93. The molecule has 0 radical (unpaired) electrons. The lowest BCUT2D eigenvalue weighted by Crippen LogP contribution is -2.15. The number of hydrogen-bond donors (Lipinski definition) is 1. The summed E-state index contributed by atoms with van der Waals surface area (Å²) in [6, 6.07) is 11.3. The van der Waals surface area contributed by atoms with E-state index in [1.165, 1.54) is 17.3 Å². The SMILES string of the molecule is Cc1cc(C)c(NC(=O)CSc2nnc(-c3ccccc3Cl)o2)c(C)c1. The average molecular weight is 388 g/mol. The Kier molecular flexibility index (Phi) is 5.64. The Hall–Kier alpha value is -2.31. The van der Waals surface area contributed by atoms with E-state index in [0.29, 0.717) is 21.7 Å². The molecular formula is C19H18ClN3O2S. The van der Waals surface area contributed by atoms with Crippen molar-refractivity contribution in [1.82, 2.24) is 10.2 Å². The lowest BCUT2D eigenvalue weighted by Gasteiger charge is -2.12. The molecule has 0 saturated carbocycles. The summed E-state index contributed by atoms with van der Waals surface area (Å²) in [6.45, 7) is 6.00. The number of amides is 1. The third-order valence-electron chi connectivity index (χ3n) is 3.78. The van der Waals surface area contributed by atoms with Crippen LogP contribution in [-0.2, 0) is 4.79 Å². The highest BCUT2D eigenvalue weighted by atomic mass is 35.5. The normalized spacial score (nSPS) is 10.8. The summed E-state index contributed by atoms with van der Waals surface area (Å²) < 4.78 is 5.59. The molecule has 0 bridgehead atoms. The average Bonchev–Trinajstić information content (AvgIpc) is 3.05. The minimum atomic E-state index is -0.123. The van der Waals surface area contributed by atoms with Gasteiger partial charge in [0.2, 0.25) is 11.8 Å². The highest BCUT2D eigenvalue weighted by Gasteiger charge is 2.14. The summed E-state index contributed by atoms with van der Waals surface area (Å²) in [5.41, 5.74) is 4.77. The maximum absolute atomic E-state index is 12.3. The number of halogens is 1. The van der Waals surface area contributed by atoms with E-state index in [0.717, 1.165) is 16.8 Å². The van der Waals surface area contributed by atoms with E-state index in [1.807, 2.05) is 45.0 Å². The number of thioether (sulfide) groups is 1. The van der Waals surface area contributed by atoms with Gasteiger partial charge in [-0.1, -0.05) is 53.2 Å². The van der Waals surface area contributed by atoms with Crippen LogP contribution in [0.4, 0.5) is 5.69 Å². The van der Waals surface area contributed by atoms with E-state index in [1.54, 1.807) is 12.1 Å². The van der Waals surface area contributed by atoms with Crippen LogP contribution in [-0.4, -0.2) is 21.9 Å². The predicted octanol–water partition coefficient (Wildman–Crippen LogP) is 5.05. The van der Waals surface area contributed by atoms with Crippen molar-refractivity contribution in [2.45, 2.75) is 26.0 Å². The Balaban J connectivity index is 1.63. The van der Waals surface area contributed by atoms with E-state index >= 15 is 0 Å². The number of hydrogen-bond acceptors (Lipinski definition) is 5. The molecular weight excluding hydrogens is 370 g/mol. The zero-order chi connectivity index (χ0) is 18.7. The minimum absolute atomic E-state index is 0.123. The van der Waals surface area contributed by atoms with Crippen LogP contribution in [0, 0.1) is 20.8 Å². The van der Waals surface area contributed by atoms with Crippen LogP contribution < -0.4 is 5.32 Å². The van der Waals surface area contributed by atoms with Crippen molar-refractivity contribution in [3.8, 4) is 11.5 Å². The van der Waals surface area contributed by atoms with Crippen molar-refractivity contribution in [2.75, 3.05) is 11.1 Å². The lowest BCUT2D eigenvalue weighted by molar-refractivity contribution is -0.113. The van der Waals surface area contributed by atoms with E-state index < -0.39 is 0 Å². The second kappa shape index (κ2) is 7.93. The molecule has 0 aliphatic rings. The number of rotatable bonds is 5. The minimum Gasteiger partial charge on any atom is -0.411 e. The standard InChI is InChI=1S/C19H18ClN3O2S/c1-11-8-12(2)17(13(3)9-11)21-16(24)10-26-19-23-22-18(25-19)14-6-4-5-7-15(14)20/h4-9H,10H2,1-3H3,(H,21,24). The van der Waals surface area contributed by atoms with Crippen LogP contribution in [0.3, 0.4) is 0 Å². The Morgan fingerprint density at radius 2 is 1.85 bits per heavy atom. The molecule has 1 amide bonds. The monoisotopic (exact) mass is 387 g/mol. The number of carbonyl (C=O) groups excluding carboxylic acids is 1. The molecule has 0 unspecified atom stereocenters. The number of aromatic nitrogens is 2. The van der Waals surface area contributed by atoms with Crippen LogP contribution in [0.2, 0.25) is 5.02 Å². The van der Waals surface area contributed by atoms with Gasteiger partial charge in [-0.25, -0.2) is 0 Å². The van der Waals surface area contributed by atoms with Crippen molar-refractivity contribution in [1.29, 1.82) is 0 Å². The number of anilines is 1. The summed E-state index contributed by atoms with van der Waals surface area (Å²) in [5, 5.41) is 11.8. The summed E-state index contributed by atoms with van der Waals surface area (Å²) >= 11 is 7.32. The first-order valence-corrected chi connectivity index (χ1v) is 9.39. The van der Waals surface area contributed by atoms with Gasteiger partial charge in [0.15, 0.2) is 0 Å². The topological polar surface area (TPSA) is 68.0 Å². The van der Waals surface area contributed by atoms with Gasteiger partial charge in [-0.05, 0) is 44.0 Å². The molecule has 134 valence electrons. The van der Waals surface area contributed by atoms with Crippen LogP contribution >= 0.6 is 23.4 Å². The molecule has 0 aliphatic heterocycles. The number of carbonyl (C=O) groups is 1. The second-order valence-electron chi connectivity index (χ2n) is 5.96. The first-order chi connectivity index (χ1) is 12.4. The van der Waals surface area contributed by atoms with E-state index in [9.17, 15) is 4.79 Å². The van der Waals surface area contributed by atoms with Gasteiger partial charge in [-0.15, -0.1) is 10.2 Å². The van der Waals surface area contributed by atoms with Crippen LogP contribution in [0.1, 0.15) is 16.7 Å². The summed E-state index contributed by atoms with van der Waals surface area (Å²) in [5.74, 6) is 0.392. The zero-order valence-corrected chi connectivity index (χ0v) is 16.2. The second-order valence-corrected chi connectivity index (χ2v) is 7.30. The molecule has 1 N–H and O–H groups in total. The first-order valence-electron chi connectivity index (χ1n) is 8.03. The van der Waals surface area contributed by atoms with Gasteiger partial charge in [0, 0.05) is 5.69 Å². The van der Waals surface area contributed by atoms with Crippen LogP contribution in [0.15, 0.2) is 46.0 Å². The molecule has 3 aromatic rings. The summed E-state index contributed by atoms with van der Waals surface area (Å²) in [7, 11) is 0. The van der Waals surface area contributed by atoms with E-state index in [2.05, 4.69) is 15.5 Å². The van der Waals surface area contributed by atoms with Crippen molar-refractivity contribution >= 4 is 35.0 Å². The van der Waals surface area contributed by atoms with Crippen molar-refractivity contribution in [3.05, 3.63) is 58.1 Å². The smallest absolute Gasteiger partial charge is 0.277 e. The highest BCUT2D eigenvalue weighted by molar-refractivity contribution is 7.99. The molecule has 0 aliphatic carbocycles. The fourth-order valence-electron chi connectivity index (χ4n) is 2.69.